The number of thioether (sulfide) groups is 1. The highest BCUT2D eigenvalue weighted by molar-refractivity contribution is 14.1. The molecule has 2 amide bonds. The Morgan fingerprint density at radius 2 is 1.90 bits per heavy atom. The van der Waals surface area contributed by atoms with Crippen molar-refractivity contribution in [1.29, 1.82) is 0 Å². The van der Waals surface area contributed by atoms with Gasteiger partial charge in [0.1, 0.15) is 12.4 Å². The summed E-state index contributed by atoms with van der Waals surface area (Å²) in [5, 5.41) is -0.434. The summed E-state index contributed by atoms with van der Waals surface area (Å²) in [6, 6.07) is 14.7. The molecule has 2 heterocycles. The second-order valence-electron chi connectivity index (χ2n) is 8.37. The van der Waals surface area contributed by atoms with Crippen LogP contribution in [0.25, 0.3) is 6.08 Å². The van der Waals surface area contributed by atoms with Crippen LogP contribution in [0.5, 0.6) is 11.5 Å². The number of methoxy groups -OCH3 is 1. The molecule has 0 bridgehead atoms. The Bertz CT molecular complexity index is 1430. The van der Waals surface area contributed by atoms with E-state index in [-0.39, 0.29) is 17.2 Å². The minimum atomic E-state index is -0.637. The Balaban J connectivity index is 1.58. The van der Waals surface area contributed by atoms with E-state index in [1.807, 2.05) is 37.3 Å². The van der Waals surface area contributed by atoms with Crippen LogP contribution in [0.1, 0.15) is 39.9 Å². The van der Waals surface area contributed by atoms with Crippen molar-refractivity contribution >= 4 is 57.5 Å². The van der Waals surface area contributed by atoms with Crippen molar-refractivity contribution in [1.82, 2.24) is 4.90 Å². The monoisotopic (exact) mass is 659 g/mol. The molecule has 3 aromatic rings. The third-order valence-corrected chi connectivity index (χ3v) is 7.27. The highest BCUT2D eigenvalue weighted by Gasteiger charge is 2.36. The van der Waals surface area contributed by atoms with Crippen molar-refractivity contribution in [2.24, 2.45) is 0 Å². The number of nitrogens with zero attached hydrogens (tertiary/aromatic N) is 1. The van der Waals surface area contributed by atoms with Gasteiger partial charge in [-0.3, -0.25) is 14.5 Å². The lowest BCUT2D eigenvalue weighted by Gasteiger charge is -2.17. The zero-order chi connectivity index (χ0) is 27.9. The number of esters is 1. The van der Waals surface area contributed by atoms with Crippen LogP contribution in [-0.2, 0) is 29.1 Å². The second kappa shape index (κ2) is 13.0. The van der Waals surface area contributed by atoms with E-state index in [9.17, 15) is 14.4 Å². The minimum absolute atomic E-state index is 0.00227. The highest BCUT2D eigenvalue weighted by atomic mass is 127. The molecule has 0 radical (unpaired) electrons. The van der Waals surface area contributed by atoms with Crippen molar-refractivity contribution < 1.29 is 33.0 Å². The van der Waals surface area contributed by atoms with E-state index in [4.69, 9.17) is 13.9 Å². The molecule has 1 fully saturated rings. The average molecular weight is 659 g/mol. The summed E-state index contributed by atoms with van der Waals surface area (Å²) in [5.74, 6) is 0.349. The van der Waals surface area contributed by atoms with Crippen LogP contribution in [-0.4, -0.2) is 35.7 Å². The van der Waals surface area contributed by atoms with E-state index in [2.05, 4.69) is 33.9 Å². The number of imide groups is 1. The molecule has 0 saturated carbocycles. The molecule has 1 aromatic heterocycles. The SMILES string of the molecule is C=CCc1cc(/C=C2/SC(=O)N(Cc3ccc(C(=O)OC)o3)C2=O)cc(OCC)c1OCc1ccc(I)cc1. The molecule has 1 aliphatic heterocycles. The molecule has 1 aliphatic rings. The maximum absolute atomic E-state index is 13.1. The largest absolute Gasteiger partial charge is 0.490 e. The number of carbonyl (C=O) groups is 3. The van der Waals surface area contributed by atoms with Crippen LogP contribution in [0, 0.1) is 3.57 Å². The van der Waals surface area contributed by atoms with Gasteiger partial charge in [0.25, 0.3) is 11.1 Å². The quantitative estimate of drug-likeness (QED) is 0.0983. The fourth-order valence-corrected chi connectivity index (χ4v) is 5.05. The number of allylic oxidation sites excluding steroid dienone is 1. The van der Waals surface area contributed by atoms with Gasteiger partial charge in [-0.15, -0.1) is 6.58 Å². The maximum Gasteiger partial charge on any atom is 0.373 e. The first-order valence-electron chi connectivity index (χ1n) is 12.0. The van der Waals surface area contributed by atoms with Crippen molar-refractivity contribution in [2.75, 3.05) is 13.7 Å². The van der Waals surface area contributed by atoms with Crippen LogP contribution in [0.4, 0.5) is 4.79 Å². The van der Waals surface area contributed by atoms with Gasteiger partial charge in [0.05, 0.1) is 25.2 Å². The van der Waals surface area contributed by atoms with Gasteiger partial charge < -0.3 is 18.6 Å². The Morgan fingerprint density at radius 1 is 1.13 bits per heavy atom. The smallest absolute Gasteiger partial charge is 0.373 e. The summed E-state index contributed by atoms with van der Waals surface area (Å²) in [6.07, 6.45) is 3.95. The third kappa shape index (κ3) is 6.93. The number of benzene rings is 2. The number of halogens is 1. The van der Waals surface area contributed by atoms with Crippen LogP contribution >= 0.6 is 34.4 Å². The van der Waals surface area contributed by atoms with Gasteiger partial charge in [-0.1, -0.05) is 18.2 Å². The Kier molecular flexibility index (Phi) is 9.52. The molecule has 0 atom stereocenters. The fraction of sp³-hybridized carbons (Fsp3) is 0.207. The molecule has 0 unspecified atom stereocenters. The number of rotatable bonds is 11. The van der Waals surface area contributed by atoms with Gasteiger partial charge in [-0.05, 0) is 101 Å². The summed E-state index contributed by atoms with van der Waals surface area (Å²) in [4.78, 5) is 38.7. The lowest BCUT2D eigenvalue weighted by molar-refractivity contribution is -0.123. The van der Waals surface area contributed by atoms with Gasteiger partial charge in [-0.25, -0.2) is 4.79 Å². The van der Waals surface area contributed by atoms with Crippen LogP contribution in [0.3, 0.4) is 0 Å². The number of amides is 2. The van der Waals surface area contributed by atoms with Gasteiger partial charge in [-0.2, -0.15) is 0 Å². The van der Waals surface area contributed by atoms with Crippen molar-refractivity contribution in [3.8, 4) is 11.5 Å². The normalized spacial score (nSPS) is 14.1. The summed E-state index contributed by atoms with van der Waals surface area (Å²) in [7, 11) is 1.24. The number of furan rings is 1. The third-order valence-electron chi connectivity index (χ3n) is 5.65. The molecule has 8 nitrogen and oxygen atoms in total. The van der Waals surface area contributed by atoms with Gasteiger partial charge in [0, 0.05) is 9.13 Å². The van der Waals surface area contributed by atoms with E-state index in [1.165, 1.54) is 19.2 Å². The first-order valence-corrected chi connectivity index (χ1v) is 13.9. The fourth-order valence-electron chi connectivity index (χ4n) is 3.85. The predicted octanol–water partition coefficient (Wildman–Crippen LogP) is 6.61. The lowest BCUT2D eigenvalue weighted by atomic mass is 10.0. The van der Waals surface area contributed by atoms with Gasteiger partial charge in [0.2, 0.25) is 5.76 Å². The molecule has 4 rings (SSSR count). The van der Waals surface area contributed by atoms with E-state index < -0.39 is 17.1 Å². The van der Waals surface area contributed by atoms with E-state index >= 15 is 0 Å². The van der Waals surface area contributed by atoms with Gasteiger partial charge >= 0.3 is 5.97 Å². The Morgan fingerprint density at radius 3 is 2.59 bits per heavy atom. The molecule has 2 aromatic carbocycles. The molecule has 0 N–H and O–H groups in total. The topological polar surface area (TPSA) is 95.3 Å². The molecule has 202 valence electrons. The van der Waals surface area contributed by atoms with E-state index in [0.717, 1.165) is 31.4 Å². The predicted molar refractivity (Wildman–Crippen MR) is 157 cm³/mol. The summed E-state index contributed by atoms with van der Waals surface area (Å²) >= 11 is 3.09. The first-order chi connectivity index (χ1) is 18.8. The molecule has 0 aliphatic carbocycles. The van der Waals surface area contributed by atoms with Gasteiger partial charge in [0.15, 0.2) is 11.5 Å². The molecule has 0 spiro atoms. The van der Waals surface area contributed by atoms with Crippen molar-refractivity contribution in [3.63, 3.8) is 0 Å². The molecular weight excluding hydrogens is 633 g/mol. The molecule has 39 heavy (non-hydrogen) atoms. The average Bonchev–Trinajstić information content (AvgIpc) is 3.49. The van der Waals surface area contributed by atoms with E-state index in [1.54, 1.807) is 18.2 Å². The van der Waals surface area contributed by atoms with E-state index in [0.29, 0.717) is 42.5 Å². The molecule has 1 saturated heterocycles. The summed E-state index contributed by atoms with van der Waals surface area (Å²) in [5.41, 5.74) is 2.56. The zero-order valence-electron chi connectivity index (χ0n) is 21.4. The maximum atomic E-state index is 13.1. The van der Waals surface area contributed by atoms with Crippen LogP contribution < -0.4 is 9.47 Å². The van der Waals surface area contributed by atoms with Crippen LogP contribution in [0.15, 0.2) is 70.5 Å². The molecule has 10 heteroatoms. The second-order valence-corrected chi connectivity index (χ2v) is 10.6. The Hall–Kier alpha value is -3.51. The first kappa shape index (κ1) is 28.5. The molecular formula is C29H26INO7S. The van der Waals surface area contributed by atoms with Crippen molar-refractivity contribution in [2.45, 2.75) is 26.5 Å². The number of ether oxygens (including phenoxy) is 3. The van der Waals surface area contributed by atoms with Crippen LogP contribution in [0.2, 0.25) is 0 Å². The van der Waals surface area contributed by atoms with Crippen molar-refractivity contribution in [3.05, 3.63) is 97.9 Å². The number of carbonyl (C=O) groups excluding carboxylic acids is 3. The summed E-state index contributed by atoms with van der Waals surface area (Å²) < 4.78 is 23.3. The Labute approximate surface area is 244 Å². The minimum Gasteiger partial charge on any atom is -0.490 e. The highest BCUT2D eigenvalue weighted by Crippen LogP contribution is 2.38. The lowest BCUT2D eigenvalue weighted by Crippen LogP contribution is -2.27. The zero-order valence-corrected chi connectivity index (χ0v) is 24.4. The number of hydrogen-bond donors (Lipinski definition) is 0. The summed E-state index contributed by atoms with van der Waals surface area (Å²) in [6.45, 7) is 6.43. The standard InChI is InChI=1S/C29H26INO7S/c1-4-6-20-13-19(14-24(36-5-2)26(20)37-17-18-7-9-21(30)10-8-18)15-25-27(32)31(29(34)39-25)16-22-11-12-23(38-22)28(33)35-3/h4,7-15H,1,5-6,16-17H2,2-3H3/b25-15+. The number of hydrogen-bond acceptors (Lipinski definition) is 8.